The Hall–Kier alpha value is -4.57. The van der Waals surface area contributed by atoms with E-state index in [1.54, 1.807) is 6.33 Å². The van der Waals surface area contributed by atoms with Gasteiger partial charge in [0.1, 0.15) is 12.0 Å². The molecule has 210 valence electrons. The first-order valence-electron chi connectivity index (χ1n) is 13.9. The number of benzene rings is 2. The average molecular weight is 551 g/mol. The Labute approximate surface area is 238 Å². The Kier molecular flexibility index (Phi) is 7.00. The third kappa shape index (κ3) is 5.55. The van der Waals surface area contributed by atoms with Crippen LogP contribution in [-0.4, -0.2) is 57.2 Å². The number of amides is 1. The molecule has 6 rings (SSSR count). The summed E-state index contributed by atoms with van der Waals surface area (Å²) in [6, 6.07) is 16.9. The summed E-state index contributed by atoms with van der Waals surface area (Å²) in [6.45, 7) is 12.3. The monoisotopic (exact) mass is 550 g/mol. The van der Waals surface area contributed by atoms with Gasteiger partial charge >= 0.3 is 11.8 Å². The molecule has 10 heteroatoms. The number of nitrogens with zero attached hydrogens (tertiary/aromatic N) is 5. The first-order valence-corrected chi connectivity index (χ1v) is 13.9. The van der Waals surface area contributed by atoms with Crippen LogP contribution in [0.3, 0.4) is 0 Å². The van der Waals surface area contributed by atoms with E-state index >= 15 is 0 Å². The molecule has 1 aliphatic rings. The van der Waals surface area contributed by atoms with Crippen LogP contribution in [0.4, 0.5) is 5.69 Å². The number of anilines is 1. The van der Waals surface area contributed by atoms with Crippen LogP contribution in [0.1, 0.15) is 48.4 Å². The zero-order valence-corrected chi connectivity index (χ0v) is 23.8. The molecule has 0 spiro atoms. The van der Waals surface area contributed by atoms with Gasteiger partial charge in [-0.25, -0.2) is 9.97 Å². The summed E-state index contributed by atoms with van der Waals surface area (Å²) < 4.78 is 5.16. The molecule has 4 heterocycles. The van der Waals surface area contributed by atoms with E-state index in [1.807, 2.05) is 39.8 Å². The van der Waals surface area contributed by atoms with Crippen molar-refractivity contribution in [1.82, 2.24) is 35.7 Å². The lowest BCUT2D eigenvalue weighted by atomic mass is 9.96. The molecule has 0 unspecified atom stereocenters. The van der Waals surface area contributed by atoms with Gasteiger partial charge in [-0.05, 0) is 47.9 Å². The van der Waals surface area contributed by atoms with Gasteiger partial charge in [0.25, 0.3) is 0 Å². The van der Waals surface area contributed by atoms with E-state index in [0.717, 1.165) is 70.9 Å². The van der Waals surface area contributed by atoms with Gasteiger partial charge in [-0.15, -0.1) is 0 Å². The smallest absolute Gasteiger partial charge is 0.315 e. The van der Waals surface area contributed by atoms with Crippen molar-refractivity contribution in [3.8, 4) is 22.5 Å². The number of nitrogens with one attached hydrogen (secondary N) is 3. The van der Waals surface area contributed by atoms with E-state index in [-0.39, 0.29) is 11.3 Å². The summed E-state index contributed by atoms with van der Waals surface area (Å²) >= 11 is 0. The number of H-pyrrole nitrogens is 1. The highest BCUT2D eigenvalue weighted by Crippen LogP contribution is 2.31. The zero-order valence-electron chi connectivity index (χ0n) is 23.8. The van der Waals surface area contributed by atoms with E-state index in [0.29, 0.717) is 12.4 Å². The van der Waals surface area contributed by atoms with Crippen LogP contribution in [0, 0.1) is 6.92 Å². The number of aromatic nitrogens is 5. The quantitative estimate of drug-likeness (QED) is 0.280. The molecule has 1 aliphatic heterocycles. The van der Waals surface area contributed by atoms with Crippen LogP contribution in [-0.2, 0) is 12.0 Å². The summed E-state index contributed by atoms with van der Waals surface area (Å²) in [4.78, 5) is 31.8. The van der Waals surface area contributed by atoms with E-state index < -0.39 is 5.91 Å². The first kappa shape index (κ1) is 26.6. The largest absolute Gasteiger partial charge is 0.369 e. The van der Waals surface area contributed by atoms with Crippen molar-refractivity contribution < 1.29 is 9.32 Å². The third-order valence-corrected chi connectivity index (χ3v) is 7.43. The zero-order chi connectivity index (χ0) is 28.6. The highest BCUT2D eigenvalue weighted by molar-refractivity contribution is 5.94. The maximum Gasteiger partial charge on any atom is 0.315 e. The minimum Gasteiger partial charge on any atom is -0.369 e. The molecule has 3 N–H and O–H groups in total. The molecule has 2 aromatic carbocycles. The molecule has 0 radical (unpaired) electrons. The van der Waals surface area contributed by atoms with Gasteiger partial charge in [0.15, 0.2) is 5.82 Å². The highest BCUT2D eigenvalue weighted by Gasteiger charge is 2.24. The predicted octanol–water partition coefficient (Wildman–Crippen LogP) is 4.62. The summed E-state index contributed by atoms with van der Waals surface area (Å²) in [5.74, 6) is 0.0728. The maximum absolute atomic E-state index is 12.6. The third-order valence-electron chi connectivity index (χ3n) is 7.43. The van der Waals surface area contributed by atoms with Crippen molar-refractivity contribution in [3.05, 3.63) is 77.7 Å². The number of carbonyl (C=O) groups is 1. The minimum absolute atomic E-state index is 0.0331. The molecule has 1 saturated heterocycles. The number of hydrogen-bond donors (Lipinski definition) is 3. The molecule has 5 aromatic rings. The van der Waals surface area contributed by atoms with Crippen molar-refractivity contribution >= 4 is 22.6 Å². The van der Waals surface area contributed by atoms with Crippen molar-refractivity contribution in [2.75, 3.05) is 31.1 Å². The van der Waals surface area contributed by atoms with E-state index in [4.69, 9.17) is 4.52 Å². The van der Waals surface area contributed by atoms with Crippen molar-refractivity contribution in [2.24, 2.45) is 0 Å². The minimum atomic E-state index is -0.394. The lowest BCUT2D eigenvalue weighted by Gasteiger charge is -2.29. The summed E-state index contributed by atoms with van der Waals surface area (Å²) in [6.07, 6.45) is 1.59. The fourth-order valence-corrected chi connectivity index (χ4v) is 5.01. The normalized spacial score (nSPS) is 14.0. The van der Waals surface area contributed by atoms with Gasteiger partial charge in [-0.1, -0.05) is 50.2 Å². The SMILES string of the molecule is Cc1cc(-c2ncnc3[nH]c(-c4ccc(N5CCNCC5)cc4)cc23)ccc1CNC(=O)c1nc(C(C)(C)C)no1. The van der Waals surface area contributed by atoms with E-state index in [9.17, 15) is 4.79 Å². The highest BCUT2D eigenvalue weighted by atomic mass is 16.5. The molecule has 10 nitrogen and oxygen atoms in total. The van der Waals surface area contributed by atoms with Crippen molar-refractivity contribution in [1.29, 1.82) is 0 Å². The molecule has 1 amide bonds. The number of aromatic amines is 1. The maximum atomic E-state index is 12.6. The number of hydrogen-bond acceptors (Lipinski definition) is 8. The molecule has 1 fully saturated rings. The second-order valence-electron chi connectivity index (χ2n) is 11.4. The first-order chi connectivity index (χ1) is 19.8. The van der Waals surface area contributed by atoms with Crippen LogP contribution in [0.5, 0.6) is 0 Å². The Morgan fingerprint density at radius 1 is 1.02 bits per heavy atom. The lowest BCUT2D eigenvalue weighted by Crippen LogP contribution is -2.43. The second kappa shape index (κ2) is 10.8. The van der Waals surface area contributed by atoms with Crippen LogP contribution < -0.4 is 15.5 Å². The predicted molar refractivity (Wildman–Crippen MR) is 159 cm³/mol. The van der Waals surface area contributed by atoms with Gasteiger partial charge in [-0.3, -0.25) is 4.79 Å². The standard InChI is InChI=1S/C31H34N8O2/c1-19-15-21(5-6-22(19)17-33-28(40)29-37-30(38-41-29)31(2,3)4)26-24-16-25(36-27(24)35-18-34-26)20-7-9-23(10-8-20)39-13-11-32-12-14-39/h5-10,15-16,18,32H,11-14,17H2,1-4H3,(H,33,40)(H,34,35,36). The number of rotatable bonds is 6. The Morgan fingerprint density at radius 3 is 2.49 bits per heavy atom. The van der Waals surface area contributed by atoms with Gasteiger partial charge < -0.3 is 25.0 Å². The Balaban J connectivity index is 1.19. The summed E-state index contributed by atoms with van der Waals surface area (Å²) in [5, 5.41) is 11.2. The second-order valence-corrected chi connectivity index (χ2v) is 11.4. The van der Waals surface area contributed by atoms with Gasteiger partial charge in [0.05, 0.1) is 5.69 Å². The molecular weight excluding hydrogens is 516 g/mol. The topological polar surface area (TPSA) is 125 Å². The van der Waals surface area contributed by atoms with Crippen molar-refractivity contribution in [3.63, 3.8) is 0 Å². The molecule has 0 aliphatic carbocycles. The van der Waals surface area contributed by atoms with Gasteiger partial charge in [-0.2, -0.15) is 4.98 Å². The number of fused-ring (bicyclic) bond motifs is 1. The summed E-state index contributed by atoms with van der Waals surface area (Å²) in [5.41, 5.74) is 7.70. The molecular formula is C31H34N8O2. The number of carbonyl (C=O) groups excluding carboxylic acids is 1. The molecule has 0 bridgehead atoms. The van der Waals surface area contributed by atoms with Crippen LogP contribution >= 0.6 is 0 Å². The Morgan fingerprint density at radius 2 is 1.78 bits per heavy atom. The summed E-state index contributed by atoms with van der Waals surface area (Å²) in [7, 11) is 0. The van der Waals surface area contributed by atoms with E-state index in [2.05, 4.69) is 77.0 Å². The number of piperazine rings is 1. The van der Waals surface area contributed by atoms with Gasteiger partial charge in [0, 0.05) is 60.5 Å². The Bertz CT molecular complexity index is 1690. The molecule has 3 aromatic heterocycles. The molecule has 0 atom stereocenters. The van der Waals surface area contributed by atoms with Gasteiger partial charge in [0.2, 0.25) is 0 Å². The average Bonchev–Trinajstić information content (AvgIpc) is 3.65. The lowest BCUT2D eigenvalue weighted by molar-refractivity contribution is 0.0907. The van der Waals surface area contributed by atoms with Crippen LogP contribution in [0.2, 0.25) is 0 Å². The molecule has 41 heavy (non-hydrogen) atoms. The van der Waals surface area contributed by atoms with Crippen LogP contribution in [0.15, 0.2) is 59.4 Å². The molecule has 0 saturated carbocycles. The van der Waals surface area contributed by atoms with Crippen LogP contribution in [0.25, 0.3) is 33.5 Å². The fraction of sp³-hybridized carbons (Fsp3) is 0.323. The van der Waals surface area contributed by atoms with E-state index in [1.165, 1.54) is 5.69 Å². The number of aryl methyl sites for hydroxylation is 1. The fourth-order valence-electron chi connectivity index (χ4n) is 5.01. The van der Waals surface area contributed by atoms with Crippen molar-refractivity contribution in [2.45, 2.75) is 39.7 Å².